The van der Waals surface area contributed by atoms with Gasteiger partial charge in [0.25, 0.3) is 0 Å². The van der Waals surface area contributed by atoms with Crippen LogP contribution in [-0.4, -0.2) is 57.5 Å². The topological polar surface area (TPSA) is 114 Å². The molecule has 3 heterocycles. The van der Waals surface area contributed by atoms with E-state index in [2.05, 4.69) is 30.8 Å². The van der Waals surface area contributed by atoms with Crippen LogP contribution in [0.2, 0.25) is 0 Å². The van der Waals surface area contributed by atoms with Gasteiger partial charge in [0.1, 0.15) is 25.3 Å². The number of ether oxygens (including phenoxy) is 1. The zero-order valence-corrected chi connectivity index (χ0v) is 15.7. The molecule has 2 amide bonds. The number of benzene rings is 1. The van der Waals surface area contributed by atoms with Gasteiger partial charge in [-0.15, -0.1) is 15.3 Å². The van der Waals surface area contributed by atoms with E-state index in [4.69, 9.17) is 4.74 Å². The summed E-state index contributed by atoms with van der Waals surface area (Å²) in [5.41, 5.74) is 1.57. The van der Waals surface area contributed by atoms with Gasteiger partial charge < -0.3 is 20.3 Å². The number of amides is 2. The monoisotopic (exact) mass is 395 g/mol. The van der Waals surface area contributed by atoms with Crippen LogP contribution in [0.15, 0.2) is 48.8 Å². The summed E-state index contributed by atoms with van der Waals surface area (Å²) in [6.07, 6.45) is 1.73. The van der Waals surface area contributed by atoms with Crippen molar-refractivity contribution in [2.24, 2.45) is 0 Å². The molecular formula is C19H21N7O3. The van der Waals surface area contributed by atoms with Crippen molar-refractivity contribution in [2.45, 2.75) is 19.1 Å². The number of fused-ring (bicyclic) bond motifs is 1. The number of anilines is 1. The van der Waals surface area contributed by atoms with Crippen molar-refractivity contribution >= 4 is 23.5 Å². The smallest absolute Gasteiger partial charge is 0.407 e. The van der Waals surface area contributed by atoms with E-state index in [1.54, 1.807) is 10.8 Å². The summed E-state index contributed by atoms with van der Waals surface area (Å²) in [6.45, 7) is 1.45. The van der Waals surface area contributed by atoms with E-state index in [0.29, 0.717) is 12.2 Å². The summed E-state index contributed by atoms with van der Waals surface area (Å²) in [7, 11) is 0. The zero-order valence-electron chi connectivity index (χ0n) is 15.7. The molecular weight excluding hydrogens is 374 g/mol. The number of alkyl carbamates (subject to hydrolysis) is 1. The van der Waals surface area contributed by atoms with Gasteiger partial charge in [0.15, 0.2) is 5.65 Å². The highest BCUT2D eigenvalue weighted by Crippen LogP contribution is 2.18. The molecule has 150 valence electrons. The first-order valence-corrected chi connectivity index (χ1v) is 9.33. The molecule has 0 spiro atoms. The SMILES string of the molecule is O=C(CNC(=O)OCc1ccccc1)N[C@@H]1CCN(c2ccc3nncn3n2)C1. The minimum atomic E-state index is -0.622. The molecule has 0 bridgehead atoms. The second-order valence-electron chi connectivity index (χ2n) is 6.74. The predicted octanol–water partition coefficient (Wildman–Crippen LogP) is 0.746. The lowest BCUT2D eigenvalue weighted by atomic mass is 10.2. The third kappa shape index (κ3) is 4.78. The van der Waals surface area contributed by atoms with Crippen LogP contribution < -0.4 is 15.5 Å². The average Bonchev–Trinajstić information content (AvgIpc) is 3.40. The van der Waals surface area contributed by atoms with Crippen molar-refractivity contribution in [1.29, 1.82) is 0 Å². The molecule has 0 saturated carbocycles. The Morgan fingerprint density at radius 3 is 2.90 bits per heavy atom. The fraction of sp³-hybridized carbons (Fsp3) is 0.316. The lowest BCUT2D eigenvalue weighted by Gasteiger charge is -2.17. The molecule has 1 fully saturated rings. The highest BCUT2D eigenvalue weighted by Gasteiger charge is 2.25. The predicted molar refractivity (Wildman–Crippen MR) is 104 cm³/mol. The van der Waals surface area contributed by atoms with Crippen LogP contribution in [0.4, 0.5) is 10.6 Å². The Labute approximate surface area is 166 Å². The number of carbonyl (C=O) groups excluding carboxylic acids is 2. The van der Waals surface area contributed by atoms with Crippen LogP contribution >= 0.6 is 0 Å². The molecule has 10 heteroatoms. The Morgan fingerprint density at radius 1 is 1.17 bits per heavy atom. The Bertz CT molecular complexity index is 992. The van der Waals surface area contributed by atoms with Crippen LogP contribution in [0, 0.1) is 0 Å². The largest absolute Gasteiger partial charge is 0.445 e. The van der Waals surface area contributed by atoms with E-state index < -0.39 is 6.09 Å². The lowest BCUT2D eigenvalue weighted by molar-refractivity contribution is -0.120. The number of nitrogens with zero attached hydrogens (tertiary/aromatic N) is 5. The molecule has 2 aromatic heterocycles. The van der Waals surface area contributed by atoms with Crippen molar-refractivity contribution in [2.75, 3.05) is 24.5 Å². The van der Waals surface area contributed by atoms with Gasteiger partial charge in [-0.3, -0.25) is 4.79 Å². The van der Waals surface area contributed by atoms with Gasteiger partial charge in [0.05, 0.1) is 0 Å². The maximum Gasteiger partial charge on any atom is 0.407 e. The summed E-state index contributed by atoms with van der Waals surface area (Å²) < 4.78 is 6.71. The van der Waals surface area contributed by atoms with Crippen LogP contribution in [0.25, 0.3) is 5.65 Å². The van der Waals surface area contributed by atoms with Crippen LogP contribution in [-0.2, 0) is 16.1 Å². The number of carbonyl (C=O) groups is 2. The van der Waals surface area contributed by atoms with Gasteiger partial charge in [-0.25, -0.2) is 4.79 Å². The first-order chi connectivity index (χ1) is 14.2. The minimum Gasteiger partial charge on any atom is -0.445 e. The highest BCUT2D eigenvalue weighted by atomic mass is 16.5. The van der Waals surface area contributed by atoms with E-state index in [1.807, 2.05) is 42.5 Å². The quantitative estimate of drug-likeness (QED) is 0.633. The second kappa shape index (κ2) is 8.55. The van der Waals surface area contributed by atoms with E-state index in [-0.39, 0.29) is 25.1 Å². The molecule has 29 heavy (non-hydrogen) atoms. The van der Waals surface area contributed by atoms with Gasteiger partial charge >= 0.3 is 6.09 Å². The minimum absolute atomic E-state index is 0.0111. The molecule has 1 aliphatic heterocycles. The maximum atomic E-state index is 12.1. The van der Waals surface area contributed by atoms with Gasteiger partial charge in [-0.05, 0) is 24.1 Å². The summed E-state index contributed by atoms with van der Waals surface area (Å²) in [6, 6.07) is 13.1. The zero-order chi connectivity index (χ0) is 20.1. The first kappa shape index (κ1) is 18.7. The molecule has 0 aliphatic carbocycles. The van der Waals surface area contributed by atoms with Crippen molar-refractivity contribution in [3.05, 3.63) is 54.4 Å². The summed E-state index contributed by atoms with van der Waals surface area (Å²) in [5.74, 6) is 0.549. The van der Waals surface area contributed by atoms with Crippen molar-refractivity contribution in [3.63, 3.8) is 0 Å². The summed E-state index contributed by atoms with van der Waals surface area (Å²) in [4.78, 5) is 26.0. The summed E-state index contributed by atoms with van der Waals surface area (Å²) in [5, 5.41) is 17.6. The normalized spacial score (nSPS) is 16.0. The molecule has 1 atom stereocenters. The van der Waals surface area contributed by atoms with Crippen molar-refractivity contribution in [3.8, 4) is 0 Å². The fourth-order valence-electron chi connectivity index (χ4n) is 3.18. The Morgan fingerprint density at radius 2 is 2.03 bits per heavy atom. The van der Waals surface area contributed by atoms with Gasteiger partial charge in [-0.2, -0.15) is 4.52 Å². The molecule has 0 unspecified atom stereocenters. The molecule has 1 aliphatic rings. The number of hydrogen-bond acceptors (Lipinski definition) is 7. The number of aromatic nitrogens is 4. The lowest BCUT2D eigenvalue weighted by Crippen LogP contribution is -2.43. The van der Waals surface area contributed by atoms with E-state index in [0.717, 1.165) is 24.3 Å². The van der Waals surface area contributed by atoms with E-state index in [9.17, 15) is 9.59 Å². The van der Waals surface area contributed by atoms with Gasteiger partial charge in [0, 0.05) is 19.1 Å². The standard InChI is InChI=1S/C19H21N7O3/c27-18(10-20-19(28)29-12-14-4-2-1-3-5-14)22-15-8-9-25(11-15)17-7-6-16-23-21-13-26(16)24-17/h1-7,13,15H,8-12H2,(H,20,28)(H,22,27)/t15-/m1/s1. The molecule has 2 N–H and O–H groups in total. The Balaban J connectivity index is 1.19. The first-order valence-electron chi connectivity index (χ1n) is 9.33. The third-order valence-corrected chi connectivity index (χ3v) is 4.63. The number of hydrogen-bond donors (Lipinski definition) is 2. The molecule has 0 radical (unpaired) electrons. The molecule has 1 aromatic carbocycles. The fourth-order valence-corrected chi connectivity index (χ4v) is 3.18. The van der Waals surface area contributed by atoms with Crippen LogP contribution in [0.1, 0.15) is 12.0 Å². The molecule has 10 nitrogen and oxygen atoms in total. The number of nitrogens with one attached hydrogen (secondary N) is 2. The maximum absolute atomic E-state index is 12.1. The van der Waals surface area contributed by atoms with Crippen LogP contribution in [0.5, 0.6) is 0 Å². The highest BCUT2D eigenvalue weighted by molar-refractivity contribution is 5.82. The van der Waals surface area contributed by atoms with Crippen LogP contribution in [0.3, 0.4) is 0 Å². The third-order valence-electron chi connectivity index (χ3n) is 4.63. The molecule has 1 saturated heterocycles. The number of rotatable bonds is 6. The Kier molecular flexibility index (Phi) is 5.50. The second-order valence-corrected chi connectivity index (χ2v) is 6.74. The average molecular weight is 395 g/mol. The van der Waals surface area contributed by atoms with Gasteiger partial charge in [-0.1, -0.05) is 30.3 Å². The van der Waals surface area contributed by atoms with E-state index in [1.165, 1.54) is 0 Å². The molecule has 4 rings (SSSR count). The Hall–Kier alpha value is -3.69. The van der Waals surface area contributed by atoms with Crippen molar-refractivity contribution in [1.82, 2.24) is 30.4 Å². The van der Waals surface area contributed by atoms with Crippen molar-refractivity contribution < 1.29 is 14.3 Å². The van der Waals surface area contributed by atoms with Gasteiger partial charge in [0.2, 0.25) is 5.91 Å². The molecule has 3 aromatic rings. The summed E-state index contributed by atoms with van der Waals surface area (Å²) >= 11 is 0. The van der Waals surface area contributed by atoms with E-state index >= 15 is 0 Å².